The molecule has 0 aliphatic carbocycles. The van der Waals surface area contributed by atoms with Gasteiger partial charge in [-0.25, -0.2) is 4.79 Å². The molecule has 0 saturated carbocycles. The molecule has 4 nitrogen and oxygen atoms in total. The maximum absolute atomic E-state index is 11.8. The van der Waals surface area contributed by atoms with E-state index in [0.29, 0.717) is 0 Å². The molecule has 0 radical (unpaired) electrons. The van der Waals surface area contributed by atoms with Crippen molar-refractivity contribution < 1.29 is 27.9 Å². The average molecular weight is 225 g/mol. The zero-order valence-electron chi connectivity index (χ0n) is 8.13. The predicted molar refractivity (Wildman–Crippen MR) is 45.1 cm³/mol. The van der Waals surface area contributed by atoms with Crippen molar-refractivity contribution in [1.29, 1.82) is 0 Å². The van der Waals surface area contributed by atoms with Gasteiger partial charge in [0, 0.05) is 20.3 Å². The molecule has 0 amide bonds. The van der Waals surface area contributed by atoms with Crippen molar-refractivity contribution in [2.75, 3.05) is 14.1 Å². The standard InChI is InChI=1S/C8H10F3NO3/c1-12(2)4-5(7(14)15)6(13)3-8(9,10)11/h4H,3H2,1-2H3,(H,14,15)/b5-4+. The third kappa shape index (κ3) is 5.71. The van der Waals surface area contributed by atoms with Gasteiger partial charge >= 0.3 is 12.1 Å². The van der Waals surface area contributed by atoms with Crippen molar-refractivity contribution in [3.63, 3.8) is 0 Å². The minimum atomic E-state index is -4.70. The molecule has 7 heteroatoms. The third-order valence-corrected chi connectivity index (χ3v) is 1.28. The fourth-order valence-electron chi connectivity index (χ4n) is 0.782. The van der Waals surface area contributed by atoms with E-state index in [1.165, 1.54) is 19.0 Å². The van der Waals surface area contributed by atoms with Crippen LogP contribution in [-0.2, 0) is 9.59 Å². The van der Waals surface area contributed by atoms with Gasteiger partial charge in [-0.05, 0) is 0 Å². The Morgan fingerprint density at radius 3 is 2.07 bits per heavy atom. The second-order valence-electron chi connectivity index (χ2n) is 3.03. The predicted octanol–water partition coefficient (Wildman–Crippen LogP) is 1.04. The third-order valence-electron chi connectivity index (χ3n) is 1.28. The quantitative estimate of drug-likeness (QED) is 0.441. The molecule has 0 aromatic heterocycles. The normalized spacial score (nSPS) is 12.5. The Hall–Kier alpha value is -1.53. The summed E-state index contributed by atoms with van der Waals surface area (Å²) in [6.07, 6.45) is -5.62. The van der Waals surface area contributed by atoms with Crippen LogP contribution in [0.25, 0.3) is 0 Å². The van der Waals surface area contributed by atoms with Gasteiger partial charge < -0.3 is 10.0 Å². The number of alkyl halides is 3. The number of halogens is 3. The van der Waals surface area contributed by atoms with Crippen LogP contribution in [-0.4, -0.2) is 42.0 Å². The number of carboxylic acids is 1. The van der Waals surface area contributed by atoms with Crippen LogP contribution in [0.2, 0.25) is 0 Å². The summed E-state index contributed by atoms with van der Waals surface area (Å²) in [5.74, 6) is -3.12. The molecule has 0 unspecified atom stereocenters. The van der Waals surface area contributed by atoms with Gasteiger partial charge in [0.25, 0.3) is 0 Å². The van der Waals surface area contributed by atoms with E-state index >= 15 is 0 Å². The number of Topliss-reactive ketones (excluding diaryl/α,β-unsaturated/α-hetero) is 1. The van der Waals surface area contributed by atoms with E-state index in [-0.39, 0.29) is 0 Å². The molecule has 0 aromatic rings. The number of nitrogens with zero attached hydrogens (tertiary/aromatic N) is 1. The summed E-state index contributed by atoms with van der Waals surface area (Å²) in [5, 5.41) is 8.51. The summed E-state index contributed by atoms with van der Waals surface area (Å²) in [5.41, 5.74) is -0.877. The second-order valence-corrected chi connectivity index (χ2v) is 3.03. The highest BCUT2D eigenvalue weighted by molar-refractivity contribution is 6.16. The number of ketones is 1. The maximum atomic E-state index is 11.8. The number of carbonyl (C=O) groups excluding carboxylic acids is 1. The van der Waals surface area contributed by atoms with E-state index in [0.717, 1.165) is 6.20 Å². The molecule has 0 atom stereocenters. The fourth-order valence-corrected chi connectivity index (χ4v) is 0.782. The van der Waals surface area contributed by atoms with Gasteiger partial charge in [-0.3, -0.25) is 4.79 Å². The van der Waals surface area contributed by atoms with Crippen LogP contribution in [0.15, 0.2) is 11.8 Å². The molecular formula is C8H10F3NO3. The van der Waals surface area contributed by atoms with E-state index in [1.54, 1.807) is 0 Å². The van der Waals surface area contributed by atoms with Gasteiger partial charge in [0.2, 0.25) is 0 Å². The zero-order chi connectivity index (χ0) is 12.2. The number of hydrogen-bond acceptors (Lipinski definition) is 3. The number of hydrogen-bond donors (Lipinski definition) is 1. The summed E-state index contributed by atoms with van der Waals surface area (Å²) in [4.78, 5) is 22.6. The van der Waals surface area contributed by atoms with E-state index in [2.05, 4.69) is 0 Å². The highest BCUT2D eigenvalue weighted by Gasteiger charge is 2.34. The molecule has 0 heterocycles. The highest BCUT2D eigenvalue weighted by Crippen LogP contribution is 2.21. The summed E-state index contributed by atoms with van der Waals surface area (Å²) in [6, 6.07) is 0. The molecule has 0 aliphatic heterocycles. The van der Waals surface area contributed by atoms with E-state index < -0.39 is 29.9 Å². The van der Waals surface area contributed by atoms with Gasteiger partial charge in [-0.1, -0.05) is 0 Å². The van der Waals surface area contributed by atoms with Crippen LogP contribution < -0.4 is 0 Å². The summed E-state index contributed by atoms with van der Waals surface area (Å²) >= 11 is 0. The minimum absolute atomic E-state index is 0.844. The van der Waals surface area contributed by atoms with Crippen LogP contribution >= 0.6 is 0 Å². The fraction of sp³-hybridized carbons (Fsp3) is 0.500. The first-order valence-electron chi connectivity index (χ1n) is 3.85. The SMILES string of the molecule is CN(C)/C=C(/C(=O)O)C(=O)CC(F)(F)F. The first kappa shape index (κ1) is 13.5. The molecule has 86 valence electrons. The van der Waals surface area contributed by atoms with Gasteiger partial charge in [0.05, 0.1) is 0 Å². The van der Waals surface area contributed by atoms with Crippen LogP contribution in [0.5, 0.6) is 0 Å². The molecule has 15 heavy (non-hydrogen) atoms. The summed E-state index contributed by atoms with van der Waals surface area (Å²) < 4.78 is 35.4. The molecule has 0 bridgehead atoms. The lowest BCUT2D eigenvalue weighted by Gasteiger charge is -2.09. The molecule has 0 rings (SSSR count). The van der Waals surface area contributed by atoms with Crippen molar-refractivity contribution >= 4 is 11.8 Å². The van der Waals surface area contributed by atoms with Crippen molar-refractivity contribution in [3.05, 3.63) is 11.8 Å². The Bertz CT molecular complexity index is 294. The van der Waals surface area contributed by atoms with Crippen LogP contribution in [0.3, 0.4) is 0 Å². The Kier molecular flexibility index (Phi) is 4.32. The minimum Gasteiger partial charge on any atom is -0.478 e. The number of aliphatic carboxylic acids is 1. The Morgan fingerprint density at radius 1 is 1.33 bits per heavy atom. The smallest absolute Gasteiger partial charge is 0.396 e. The first-order chi connectivity index (χ1) is 6.63. The number of rotatable bonds is 4. The molecule has 1 N–H and O–H groups in total. The van der Waals surface area contributed by atoms with Crippen molar-refractivity contribution in [2.45, 2.75) is 12.6 Å². The highest BCUT2D eigenvalue weighted by atomic mass is 19.4. The molecule has 0 saturated heterocycles. The van der Waals surface area contributed by atoms with Crippen molar-refractivity contribution in [1.82, 2.24) is 4.90 Å². The van der Waals surface area contributed by atoms with Gasteiger partial charge in [-0.15, -0.1) is 0 Å². The molecule has 0 aliphatic rings. The van der Waals surface area contributed by atoms with Gasteiger partial charge in [0.1, 0.15) is 12.0 Å². The van der Waals surface area contributed by atoms with E-state index in [4.69, 9.17) is 5.11 Å². The topological polar surface area (TPSA) is 57.6 Å². The van der Waals surface area contributed by atoms with Crippen LogP contribution in [0, 0.1) is 0 Å². The van der Waals surface area contributed by atoms with E-state index in [1.807, 2.05) is 0 Å². The molecule has 0 fully saturated rings. The zero-order valence-corrected chi connectivity index (χ0v) is 8.13. The van der Waals surface area contributed by atoms with Crippen molar-refractivity contribution in [2.24, 2.45) is 0 Å². The summed E-state index contributed by atoms with van der Waals surface area (Å²) in [7, 11) is 2.81. The van der Waals surface area contributed by atoms with Gasteiger partial charge in [-0.2, -0.15) is 13.2 Å². The second kappa shape index (κ2) is 4.81. The van der Waals surface area contributed by atoms with Crippen LogP contribution in [0.4, 0.5) is 13.2 Å². The lowest BCUT2D eigenvalue weighted by molar-refractivity contribution is -0.151. The largest absolute Gasteiger partial charge is 0.478 e. The molecule has 0 aromatic carbocycles. The first-order valence-corrected chi connectivity index (χ1v) is 3.85. The number of carboxylic acid groups (broad SMARTS) is 1. The van der Waals surface area contributed by atoms with Crippen molar-refractivity contribution in [3.8, 4) is 0 Å². The Morgan fingerprint density at radius 2 is 1.80 bits per heavy atom. The number of carbonyl (C=O) groups is 2. The Labute approximate surface area is 84.0 Å². The maximum Gasteiger partial charge on any atom is 0.396 e. The monoisotopic (exact) mass is 225 g/mol. The Balaban J connectivity index is 4.82. The molecule has 0 spiro atoms. The van der Waals surface area contributed by atoms with Gasteiger partial charge in [0.15, 0.2) is 5.78 Å². The molecular weight excluding hydrogens is 215 g/mol. The lowest BCUT2D eigenvalue weighted by atomic mass is 10.1. The summed E-state index contributed by atoms with van der Waals surface area (Å²) in [6.45, 7) is 0. The average Bonchev–Trinajstić information content (AvgIpc) is 1.95. The van der Waals surface area contributed by atoms with E-state index in [9.17, 15) is 22.8 Å². The van der Waals surface area contributed by atoms with Crippen LogP contribution in [0.1, 0.15) is 6.42 Å². The lowest BCUT2D eigenvalue weighted by Crippen LogP contribution is -2.22.